The van der Waals surface area contributed by atoms with Crippen molar-refractivity contribution in [1.82, 2.24) is 19.9 Å². The lowest BCUT2D eigenvalue weighted by molar-refractivity contribution is 0.158. The molecular formula is C40H45N5O2. The number of nitrogens with one attached hydrogen (secondary N) is 1. The minimum absolute atomic E-state index is 0.146. The number of aromatic amines is 1. The van der Waals surface area contributed by atoms with Crippen LogP contribution in [0.5, 0.6) is 0 Å². The number of pyridine rings is 1. The van der Waals surface area contributed by atoms with Crippen LogP contribution in [-0.4, -0.2) is 57.2 Å². The van der Waals surface area contributed by atoms with Crippen molar-refractivity contribution in [2.45, 2.75) is 58.4 Å². The van der Waals surface area contributed by atoms with Crippen LogP contribution in [0.1, 0.15) is 61.4 Å². The maximum Gasteiger partial charge on any atom is 0.270 e. The van der Waals surface area contributed by atoms with Gasteiger partial charge in [0.2, 0.25) is 0 Å². The van der Waals surface area contributed by atoms with Gasteiger partial charge in [0.25, 0.3) is 5.56 Å². The highest BCUT2D eigenvalue weighted by Crippen LogP contribution is 2.33. The molecule has 0 bridgehead atoms. The topological polar surface area (TPSA) is 85.3 Å². The molecule has 1 atom stereocenters. The Bertz CT molecular complexity index is 1850. The van der Waals surface area contributed by atoms with Crippen molar-refractivity contribution in [3.63, 3.8) is 0 Å². The molecule has 2 N–H and O–H groups in total. The van der Waals surface area contributed by atoms with Gasteiger partial charge in [0.15, 0.2) is 0 Å². The maximum atomic E-state index is 13.1. The highest BCUT2D eigenvalue weighted by molar-refractivity contribution is 5.87. The maximum absolute atomic E-state index is 13.1. The fraction of sp³-hybridized carbons (Fsp3) is 0.325. The Morgan fingerprint density at radius 2 is 1.81 bits per heavy atom. The first-order chi connectivity index (χ1) is 23.0. The van der Waals surface area contributed by atoms with Gasteiger partial charge in [-0.25, -0.2) is 4.98 Å². The number of aliphatic hydroxyl groups is 1. The predicted octanol–water partition coefficient (Wildman–Crippen LogP) is 7.38. The molecule has 2 aromatic heterocycles. The van der Waals surface area contributed by atoms with Crippen molar-refractivity contribution in [2.75, 3.05) is 31.1 Å². The van der Waals surface area contributed by atoms with Crippen molar-refractivity contribution >= 4 is 22.4 Å². The fourth-order valence-electron chi connectivity index (χ4n) is 6.71. The number of aromatic nitrogens is 3. The number of anilines is 1. The molecule has 3 heterocycles. The summed E-state index contributed by atoms with van der Waals surface area (Å²) in [5.74, 6) is 0. The minimum Gasteiger partial charge on any atom is -0.395 e. The lowest BCUT2D eigenvalue weighted by Crippen LogP contribution is -2.35. The van der Waals surface area contributed by atoms with Crippen LogP contribution in [0.2, 0.25) is 0 Å². The van der Waals surface area contributed by atoms with Crippen LogP contribution in [0.3, 0.4) is 0 Å². The van der Waals surface area contributed by atoms with Gasteiger partial charge in [-0.2, -0.15) is 0 Å². The number of rotatable bonds is 13. The highest BCUT2D eigenvalue weighted by Gasteiger charge is 2.24. The molecule has 0 radical (unpaired) electrons. The van der Waals surface area contributed by atoms with E-state index in [0.29, 0.717) is 12.1 Å². The van der Waals surface area contributed by atoms with E-state index in [1.165, 1.54) is 5.70 Å². The minimum atomic E-state index is -0.146. The second kappa shape index (κ2) is 15.3. The Morgan fingerprint density at radius 3 is 2.55 bits per heavy atom. The molecule has 0 saturated carbocycles. The van der Waals surface area contributed by atoms with Gasteiger partial charge < -0.3 is 15.0 Å². The van der Waals surface area contributed by atoms with Gasteiger partial charge in [0, 0.05) is 49.3 Å². The SMILES string of the molecule is CCCC=C(c1ccc(-c2ccncc2)cc1)N(CCCN1CCCC1CO)c1cc2nc(Cc3ccccc3)c(=O)[nH]c2cc1C. The largest absolute Gasteiger partial charge is 0.395 e. The van der Waals surface area contributed by atoms with Gasteiger partial charge in [0.05, 0.1) is 17.6 Å². The number of aliphatic hydroxyl groups excluding tert-OH is 1. The summed E-state index contributed by atoms with van der Waals surface area (Å²) >= 11 is 0. The number of allylic oxidation sites excluding steroid dienone is 1. The number of H-pyrrole nitrogens is 1. The summed E-state index contributed by atoms with van der Waals surface area (Å²) < 4.78 is 0. The van der Waals surface area contributed by atoms with E-state index >= 15 is 0 Å². The van der Waals surface area contributed by atoms with E-state index in [1.54, 1.807) is 0 Å². The number of hydrogen-bond acceptors (Lipinski definition) is 6. The van der Waals surface area contributed by atoms with Crippen LogP contribution >= 0.6 is 0 Å². The van der Waals surface area contributed by atoms with Gasteiger partial charge in [0.1, 0.15) is 5.69 Å². The molecule has 242 valence electrons. The summed E-state index contributed by atoms with van der Waals surface area (Å²) in [6, 6.07) is 27.4. The molecule has 0 amide bonds. The molecule has 1 saturated heterocycles. The summed E-state index contributed by atoms with van der Waals surface area (Å²) in [6.07, 6.45) is 11.6. The number of aryl methyl sites for hydroxylation is 1. The Kier molecular flexibility index (Phi) is 10.6. The lowest BCUT2D eigenvalue weighted by atomic mass is 10.0. The second-order valence-corrected chi connectivity index (χ2v) is 12.5. The fourth-order valence-corrected chi connectivity index (χ4v) is 6.71. The van der Waals surface area contributed by atoms with Gasteiger partial charge in [-0.15, -0.1) is 0 Å². The summed E-state index contributed by atoms with van der Waals surface area (Å²) in [7, 11) is 0. The van der Waals surface area contributed by atoms with Gasteiger partial charge in [-0.05, 0) is 91.2 Å². The lowest BCUT2D eigenvalue weighted by Gasteiger charge is -2.31. The third-order valence-electron chi connectivity index (χ3n) is 9.23. The number of fused-ring (bicyclic) bond motifs is 1. The summed E-state index contributed by atoms with van der Waals surface area (Å²) in [5.41, 5.74) is 9.75. The quantitative estimate of drug-likeness (QED) is 0.142. The number of nitrogens with zero attached hydrogens (tertiary/aromatic N) is 4. The van der Waals surface area contributed by atoms with Gasteiger partial charge in [-0.1, -0.05) is 74.0 Å². The third-order valence-corrected chi connectivity index (χ3v) is 9.23. The van der Waals surface area contributed by atoms with Crippen LogP contribution in [0, 0.1) is 6.92 Å². The molecule has 0 aliphatic carbocycles. The van der Waals surface area contributed by atoms with E-state index in [-0.39, 0.29) is 18.2 Å². The van der Waals surface area contributed by atoms with Crippen LogP contribution in [0.15, 0.2) is 102 Å². The first-order valence-corrected chi connectivity index (χ1v) is 16.9. The van der Waals surface area contributed by atoms with E-state index < -0.39 is 0 Å². The second-order valence-electron chi connectivity index (χ2n) is 12.5. The van der Waals surface area contributed by atoms with Crippen molar-refractivity contribution in [2.24, 2.45) is 0 Å². The van der Waals surface area contributed by atoms with Gasteiger partial charge >= 0.3 is 0 Å². The first kappa shape index (κ1) is 32.4. The molecule has 1 aliphatic heterocycles. The van der Waals surface area contributed by atoms with Crippen LogP contribution in [0.25, 0.3) is 27.9 Å². The first-order valence-electron chi connectivity index (χ1n) is 16.9. The normalized spacial score (nSPS) is 15.4. The Labute approximate surface area is 277 Å². The number of unbranched alkanes of at least 4 members (excludes halogenated alkanes) is 1. The molecule has 1 fully saturated rings. The monoisotopic (exact) mass is 627 g/mol. The molecule has 6 rings (SSSR count). The standard InChI is InChI=1S/C40H45N5O2/c1-3-4-13-38(33-16-14-31(15-17-33)32-18-20-41-21-19-32)45(24-9-23-44-22-8-12-34(44)28-46)39-27-36-35(25-29(39)2)43-40(47)37(42-36)26-30-10-6-5-7-11-30/h5-7,10-11,13-21,25,27,34,46H,3-4,8-9,12,22-24,26,28H2,1-2H3,(H,43,47). The van der Waals surface area contributed by atoms with E-state index in [4.69, 9.17) is 4.98 Å². The number of hydrogen-bond donors (Lipinski definition) is 2. The van der Waals surface area contributed by atoms with Crippen molar-refractivity contribution in [3.8, 4) is 11.1 Å². The molecule has 7 heteroatoms. The van der Waals surface area contributed by atoms with E-state index in [9.17, 15) is 9.90 Å². The van der Waals surface area contributed by atoms with Crippen molar-refractivity contribution in [1.29, 1.82) is 0 Å². The molecule has 47 heavy (non-hydrogen) atoms. The summed E-state index contributed by atoms with van der Waals surface area (Å²) in [6.45, 7) is 7.32. The average Bonchev–Trinajstić information content (AvgIpc) is 3.57. The Balaban J connectivity index is 1.39. The zero-order chi connectivity index (χ0) is 32.6. The van der Waals surface area contributed by atoms with Crippen molar-refractivity contribution in [3.05, 3.63) is 130 Å². The van der Waals surface area contributed by atoms with Gasteiger partial charge in [-0.3, -0.25) is 14.7 Å². The van der Waals surface area contributed by atoms with E-state index in [2.05, 4.69) is 76.1 Å². The van der Waals surface area contributed by atoms with Crippen LogP contribution in [-0.2, 0) is 6.42 Å². The Hall–Kier alpha value is -4.59. The third kappa shape index (κ3) is 7.70. The van der Waals surface area contributed by atoms with Crippen LogP contribution in [0.4, 0.5) is 5.69 Å². The summed E-state index contributed by atoms with van der Waals surface area (Å²) in [4.78, 5) is 30.2. The van der Waals surface area contributed by atoms with Crippen LogP contribution < -0.4 is 10.5 Å². The van der Waals surface area contributed by atoms with E-state index in [1.807, 2.05) is 54.9 Å². The van der Waals surface area contributed by atoms with E-state index in [0.717, 1.165) is 96.3 Å². The smallest absolute Gasteiger partial charge is 0.270 e. The molecule has 3 aromatic carbocycles. The van der Waals surface area contributed by atoms with Crippen molar-refractivity contribution < 1.29 is 5.11 Å². The molecule has 7 nitrogen and oxygen atoms in total. The molecule has 5 aromatic rings. The zero-order valence-corrected chi connectivity index (χ0v) is 27.5. The summed E-state index contributed by atoms with van der Waals surface area (Å²) in [5, 5.41) is 9.94. The Morgan fingerprint density at radius 1 is 1.04 bits per heavy atom. The molecule has 1 unspecified atom stereocenters. The highest BCUT2D eigenvalue weighted by atomic mass is 16.3. The number of likely N-dealkylation sites (tertiary alicyclic amines) is 1. The zero-order valence-electron chi connectivity index (χ0n) is 27.5. The number of benzene rings is 3. The molecular weight excluding hydrogens is 582 g/mol. The molecule has 1 aliphatic rings. The average molecular weight is 628 g/mol. The molecule has 0 spiro atoms. The predicted molar refractivity (Wildman–Crippen MR) is 193 cm³/mol.